The molecule has 2 aliphatic rings. The van der Waals surface area contributed by atoms with Crippen molar-refractivity contribution in [1.29, 1.82) is 0 Å². The zero-order valence-electron chi connectivity index (χ0n) is 21.5. The normalized spacial score (nSPS) is 17.1. The van der Waals surface area contributed by atoms with E-state index in [1.54, 1.807) is 18.7 Å². The van der Waals surface area contributed by atoms with Crippen LogP contribution in [0.4, 0.5) is 16.2 Å². The second-order valence-electron chi connectivity index (χ2n) is 10.2. The molecule has 0 unspecified atom stereocenters. The Morgan fingerprint density at radius 3 is 2.56 bits per heavy atom. The van der Waals surface area contributed by atoms with E-state index in [1.807, 2.05) is 12.3 Å². The first-order valence-electron chi connectivity index (χ1n) is 12.8. The molecule has 0 spiro atoms. The van der Waals surface area contributed by atoms with E-state index in [1.165, 1.54) is 16.7 Å². The van der Waals surface area contributed by atoms with Gasteiger partial charge >= 0.3 is 0 Å². The van der Waals surface area contributed by atoms with Gasteiger partial charge in [0.1, 0.15) is 17.2 Å². The summed E-state index contributed by atoms with van der Waals surface area (Å²) in [5.41, 5.74) is 2.93. The summed E-state index contributed by atoms with van der Waals surface area (Å²) in [6.07, 6.45) is 10.5. The Labute approximate surface area is 211 Å². The quantitative estimate of drug-likeness (QED) is 0.521. The minimum Gasteiger partial charge on any atom is -0.343 e. The Morgan fingerprint density at radius 1 is 1.17 bits per heavy atom. The molecule has 0 saturated heterocycles. The van der Waals surface area contributed by atoms with E-state index in [0.29, 0.717) is 23.5 Å². The molecule has 1 aliphatic carbocycles. The van der Waals surface area contributed by atoms with Gasteiger partial charge in [0.15, 0.2) is 5.82 Å². The van der Waals surface area contributed by atoms with Gasteiger partial charge in [-0.3, -0.25) is 9.69 Å². The topological polar surface area (TPSA) is 79.2 Å². The number of rotatable bonds is 6. The van der Waals surface area contributed by atoms with Crippen LogP contribution in [0.15, 0.2) is 30.6 Å². The fourth-order valence-corrected chi connectivity index (χ4v) is 5.23. The largest absolute Gasteiger partial charge is 0.343 e. The molecular weight excluding hydrogens is 457 g/mol. The van der Waals surface area contributed by atoms with Gasteiger partial charge in [0.25, 0.3) is 5.91 Å². The molecule has 36 heavy (non-hydrogen) atoms. The molecule has 0 bridgehead atoms. The molecule has 8 nitrogen and oxygen atoms in total. The number of hydrogen-bond donors (Lipinski definition) is 1. The summed E-state index contributed by atoms with van der Waals surface area (Å²) in [4.78, 5) is 30.3. The standard InChI is InChI=1S/C27H34FN7O/c1-17(2)34-13-11-18(12-14-34)19-9-10-22(29-15-19)31-27-30-16-21-23(28)24(26(36)33(3)4)35(25(21)32-27)20-7-5-6-8-20/h9-11,15-17,20H,5-8,12-14H2,1-4H3,(H,29,30,31,32). The molecule has 1 saturated carbocycles. The van der Waals surface area contributed by atoms with Gasteiger partial charge in [-0.2, -0.15) is 4.98 Å². The third-order valence-electron chi connectivity index (χ3n) is 7.33. The molecule has 9 heteroatoms. The third kappa shape index (κ3) is 4.59. The van der Waals surface area contributed by atoms with Gasteiger partial charge in [-0.15, -0.1) is 0 Å². The molecule has 1 N–H and O–H groups in total. The van der Waals surface area contributed by atoms with Crippen molar-refractivity contribution < 1.29 is 9.18 Å². The molecule has 3 aromatic rings. The van der Waals surface area contributed by atoms with Crippen molar-refractivity contribution >= 4 is 34.3 Å². The van der Waals surface area contributed by atoms with Crippen molar-refractivity contribution in [1.82, 2.24) is 29.3 Å². The van der Waals surface area contributed by atoms with E-state index in [2.05, 4.69) is 51.2 Å². The highest BCUT2D eigenvalue weighted by molar-refractivity contribution is 5.98. The first-order valence-corrected chi connectivity index (χ1v) is 12.8. The molecule has 4 heterocycles. The lowest BCUT2D eigenvalue weighted by atomic mass is 10.0. The van der Waals surface area contributed by atoms with E-state index in [-0.39, 0.29) is 23.0 Å². The number of amides is 1. The van der Waals surface area contributed by atoms with Gasteiger partial charge in [0.2, 0.25) is 5.95 Å². The van der Waals surface area contributed by atoms with Crippen LogP contribution in [0.2, 0.25) is 0 Å². The average molecular weight is 492 g/mol. The van der Waals surface area contributed by atoms with Gasteiger partial charge in [-0.25, -0.2) is 14.4 Å². The number of nitrogens with zero attached hydrogens (tertiary/aromatic N) is 6. The minimum atomic E-state index is -0.554. The highest BCUT2D eigenvalue weighted by Crippen LogP contribution is 2.36. The second-order valence-corrected chi connectivity index (χ2v) is 10.2. The zero-order chi connectivity index (χ0) is 25.4. The van der Waals surface area contributed by atoms with Crippen LogP contribution in [0.25, 0.3) is 16.6 Å². The Kier molecular flexibility index (Phi) is 6.75. The lowest BCUT2D eigenvalue weighted by Gasteiger charge is -2.29. The van der Waals surface area contributed by atoms with Crippen molar-refractivity contribution in [2.24, 2.45) is 0 Å². The summed E-state index contributed by atoms with van der Waals surface area (Å²) in [6.45, 7) is 6.45. The van der Waals surface area contributed by atoms with Gasteiger partial charge in [-0.1, -0.05) is 18.9 Å². The number of pyridine rings is 1. The Balaban J connectivity index is 1.42. The van der Waals surface area contributed by atoms with Crippen molar-refractivity contribution in [3.63, 3.8) is 0 Å². The molecule has 1 fully saturated rings. The van der Waals surface area contributed by atoms with Crippen molar-refractivity contribution in [2.45, 2.75) is 58.0 Å². The number of hydrogen-bond acceptors (Lipinski definition) is 6. The molecule has 1 amide bonds. The highest BCUT2D eigenvalue weighted by Gasteiger charge is 2.31. The molecular formula is C27H34FN7O. The van der Waals surface area contributed by atoms with Crippen molar-refractivity contribution in [2.75, 3.05) is 32.5 Å². The van der Waals surface area contributed by atoms with Crippen LogP contribution in [0.3, 0.4) is 0 Å². The number of halogens is 1. The number of fused-ring (bicyclic) bond motifs is 1. The molecule has 0 radical (unpaired) electrons. The lowest BCUT2D eigenvalue weighted by Crippen LogP contribution is -2.34. The number of anilines is 2. The zero-order valence-corrected chi connectivity index (χ0v) is 21.5. The Hall–Kier alpha value is -3.33. The van der Waals surface area contributed by atoms with E-state index < -0.39 is 5.82 Å². The van der Waals surface area contributed by atoms with Crippen LogP contribution in [0.1, 0.15) is 68.0 Å². The number of carbonyl (C=O) groups excluding carboxylic acids is 1. The summed E-state index contributed by atoms with van der Waals surface area (Å²) in [5.74, 6) is 0.0225. The highest BCUT2D eigenvalue weighted by atomic mass is 19.1. The fourth-order valence-electron chi connectivity index (χ4n) is 5.23. The predicted octanol–water partition coefficient (Wildman–Crippen LogP) is 5.02. The maximum atomic E-state index is 15.4. The van der Waals surface area contributed by atoms with E-state index in [4.69, 9.17) is 0 Å². The monoisotopic (exact) mass is 491 g/mol. The SMILES string of the molecule is CC(C)N1CC=C(c2ccc(Nc3ncc4c(F)c(C(=O)N(C)C)n(C5CCCC5)c4n3)nc2)CC1. The summed E-state index contributed by atoms with van der Waals surface area (Å²) in [5, 5.41) is 3.42. The van der Waals surface area contributed by atoms with E-state index >= 15 is 4.39 Å². The molecule has 190 valence electrons. The average Bonchev–Trinajstić information content (AvgIpc) is 3.50. The van der Waals surface area contributed by atoms with Crippen LogP contribution < -0.4 is 5.32 Å². The number of carbonyl (C=O) groups is 1. The van der Waals surface area contributed by atoms with Gasteiger partial charge in [-0.05, 0) is 56.4 Å². The van der Waals surface area contributed by atoms with Crippen LogP contribution in [-0.4, -0.2) is 68.5 Å². The lowest BCUT2D eigenvalue weighted by molar-refractivity contribution is 0.0810. The predicted molar refractivity (Wildman–Crippen MR) is 140 cm³/mol. The summed E-state index contributed by atoms with van der Waals surface area (Å²) in [7, 11) is 3.27. The van der Waals surface area contributed by atoms with Crippen LogP contribution in [0.5, 0.6) is 0 Å². The summed E-state index contributed by atoms with van der Waals surface area (Å²) < 4.78 is 17.2. The molecule has 0 aromatic carbocycles. The van der Waals surface area contributed by atoms with Crippen molar-refractivity contribution in [3.05, 3.63) is 47.7 Å². The maximum absolute atomic E-state index is 15.4. The second kappa shape index (κ2) is 9.97. The molecule has 0 atom stereocenters. The molecule has 1 aliphatic heterocycles. The van der Waals surface area contributed by atoms with E-state index in [9.17, 15) is 4.79 Å². The van der Waals surface area contributed by atoms with Gasteiger partial charge in [0, 0.05) is 51.7 Å². The smallest absolute Gasteiger partial charge is 0.273 e. The first kappa shape index (κ1) is 24.4. The molecule has 3 aromatic heterocycles. The third-order valence-corrected chi connectivity index (χ3v) is 7.33. The number of nitrogens with one attached hydrogen (secondary N) is 1. The summed E-state index contributed by atoms with van der Waals surface area (Å²) in [6, 6.07) is 4.56. The Morgan fingerprint density at radius 2 is 1.94 bits per heavy atom. The number of aromatic nitrogens is 4. The van der Waals surface area contributed by atoms with Crippen LogP contribution >= 0.6 is 0 Å². The van der Waals surface area contributed by atoms with Crippen LogP contribution in [-0.2, 0) is 0 Å². The Bertz CT molecular complexity index is 1290. The van der Waals surface area contributed by atoms with Crippen molar-refractivity contribution in [3.8, 4) is 0 Å². The maximum Gasteiger partial charge on any atom is 0.273 e. The van der Waals surface area contributed by atoms with E-state index in [0.717, 1.165) is 50.8 Å². The van der Waals surface area contributed by atoms with Gasteiger partial charge in [0.05, 0.1) is 5.39 Å². The first-order chi connectivity index (χ1) is 17.3. The fraction of sp³-hybridized carbons (Fsp3) is 0.481. The molecule has 5 rings (SSSR count). The van der Waals surface area contributed by atoms with Gasteiger partial charge < -0.3 is 14.8 Å². The minimum absolute atomic E-state index is 0.0476. The van der Waals surface area contributed by atoms with Crippen LogP contribution in [0, 0.1) is 5.82 Å². The summed E-state index contributed by atoms with van der Waals surface area (Å²) >= 11 is 0.